The molecule has 3 rings (SSSR count). The van der Waals surface area contributed by atoms with Crippen molar-refractivity contribution < 1.29 is 0 Å². The van der Waals surface area contributed by atoms with Crippen molar-refractivity contribution in [2.45, 2.75) is 24.3 Å². The summed E-state index contributed by atoms with van der Waals surface area (Å²) in [6.07, 6.45) is 4.64. The number of hydrogen-bond donors (Lipinski definition) is 2. The van der Waals surface area contributed by atoms with E-state index in [0.717, 1.165) is 40.0 Å². The Morgan fingerprint density at radius 3 is 3.15 bits per heavy atom. The molecule has 104 valence electrons. The molecule has 7 heteroatoms. The van der Waals surface area contributed by atoms with Crippen molar-refractivity contribution in [3.05, 3.63) is 29.7 Å². The van der Waals surface area contributed by atoms with Crippen molar-refractivity contribution in [2.75, 3.05) is 11.9 Å². The second-order valence-electron chi connectivity index (χ2n) is 4.24. The summed E-state index contributed by atoms with van der Waals surface area (Å²) in [4.78, 5) is 17.5. The van der Waals surface area contributed by atoms with Crippen LogP contribution in [0.5, 0.6) is 0 Å². The minimum Gasteiger partial charge on any atom is -0.369 e. The minimum atomic E-state index is 0.710. The largest absolute Gasteiger partial charge is 0.369 e. The molecule has 0 amide bonds. The van der Waals surface area contributed by atoms with Crippen molar-refractivity contribution in [3.63, 3.8) is 0 Å². The fraction of sp³-hybridized carbons (Fsp3) is 0.308. The third-order valence-electron chi connectivity index (χ3n) is 2.72. The van der Waals surface area contributed by atoms with Crippen LogP contribution < -0.4 is 5.32 Å². The molecule has 3 aromatic heterocycles. The second-order valence-corrected chi connectivity index (χ2v) is 6.10. The zero-order valence-electron chi connectivity index (χ0n) is 11.1. The lowest BCUT2D eigenvalue weighted by atomic mass is 10.3. The van der Waals surface area contributed by atoms with Gasteiger partial charge in [0.25, 0.3) is 0 Å². The fourth-order valence-corrected chi connectivity index (χ4v) is 3.27. The Bertz CT molecular complexity index is 677. The number of thiophene rings is 1. The van der Waals surface area contributed by atoms with E-state index in [9.17, 15) is 0 Å². The van der Waals surface area contributed by atoms with Gasteiger partial charge in [-0.15, -0.1) is 11.3 Å². The van der Waals surface area contributed by atoms with Crippen LogP contribution in [0, 0.1) is 0 Å². The van der Waals surface area contributed by atoms with E-state index in [4.69, 9.17) is 0 Å². The topological polar surface area (TPSA) is 66.5 Å². The lowest BCUT2D eigenvalue weighted by Gasteiger charge is -2.07. The highest BCUT2D eigenvalue weighted by Crippen LogP contribution is 2.27. The maximum Gasteiger partial charge on any atom is 0.165 e. The van der Waals surface area contributed by atoms with Crippen molar-refractivity contribution in [1.29, 1.82) is 0 Å². The van der Waals surface area contributed by atoms with Gasteiger partial charge in [0.2, 0.25) is 0 Å². The summed E-state index contributed by atoms with van der Waals surface area (Å²) in [7, 11) is 0. The Kier molecular flexibility index (Phi) is 4.17. The average molecular weight is 305 g/mol. The first kappa shape index (κ1) is 13.4. The summed E-state index contributed by atoms with van der Waals surface area (Å²) in [5, 5.41) is 7.43. The summed E-state index contributed by atoms with van der Waals surface area (Å²) in [5.74, 6) is 2.48. The first-order chi connectivity index (χ1) is 9.86. The lowest BCUT2D eigenvalue weighted by Crippen LogP contribution is -2.05. The fourth-order valence-electron chi connectivity index (χ4n) is 1.80. The predicted molar refractivity (Wildman–Crippen MR) is 84.3 cm³/mol. The van der Waals surface area contributed by atoms with E-state index in [1.807, 2.05) is 6.20 Å². The van der Waals surface area contributed by atoms with Crippen LogP contribution in [0.4, 0.5) is 5.82 Å². The number of aromatic nitrogens is 4. The van der Waals surface area contributed by atoms with Gasteiger partial charge >= 0.3 is 0 Å². The molecule has 20 heavy (non-hydrogen) atoms. The van der Waals surface area contributed by atoms with E-state index in [1.165, 1.54) is 0 Å². The number of aromatic amines is 1. The minimum absolute atomic E-state index is 0.710. The number of hydrogen-bond acceptors (Lipinski definition) is 6. The second kappa shape index (κ2) is 6.23. The number of H-pyrrole nitrogens is 1. The Hall–Kier alpha value is -1.60. The summed E-state index contributed by atoms with van der Waals surface area (Å²) < 4.78 is 0. The van der Waals surface area contributed by atoms with Crippen LogP contribution in [0.15, 0.2) is 29.0 Å². The van der Waals surface area contributed by atoms with Crippen LogP contribution in [-0.4, -0.2) is 26.5 Å². The SMILES string of the molecule is CCCNc1nc(CSc2ncc[nH]2)nc2sccc12. The summed E-state index contributed by atoms with van der Waals surface area (Å²) in [6.45, 7) is 3.07. The molecule has 0 bridgehead atoms. The molecule has 2 N–H and O–H groups in total. The Balaban J connectivity index is 1.83. The van der Waals surface area contributed by atoms with Crippen molar-refractivity contribution in [2.24, 2.45) is 0 Å². The molecule has 0 aliphatic carbocycles. The first-order valence-corrected chi connectivity index (χ1v) is 8.33. The van der Waals surface area contributed by atoms with Gasteiger partial charge in [0.1, 0.15) is 16.5 Å². The van der Waals surface area contributed by atoms with Gasteiger partial charge in [-0.25, -0.2) is 15.0 Å². The third-order valence-corrected chi connectivity index (χ3v) is 4.43. The van der Waals surface area contributed by atoms with Gasteiger partial charge in [-0.2, -0.15) is 0 Å². The predicted octanol–water partition coefficient (Wildman–Crippen LogP) is 3.53. The Morgan fingerprint density at radius 1 is 1.40 bits per heavy atom. The van der Waals surface area contributed by atoms with Gasteiger partial charge in [-0.1, -0.05) is 18.7 Å². The van der Waals surface area contributed by atoms with Crippen molar-refractivity contribution in [3.8, 4) is 0 Å². The van der Waals surface area contributed by atoms with Crippen LogP contribution in [0.25, 0.3) is 10.2 Å². The molecule has 0 saturated carbocycles. The molecule has 0 atom stereocenters. The van der Waals surface area contributed by atoms with Crippen molar-refractivity contribution >= 4 is 39.1 Å². The number of anilines is 1. The molecule has 3 aromatic rings. The summed E-state index contributed by atoms with van der Waals surface area (Å²) in [6, 6.07) is 2.07. The summed E-state index contributed by atoms with van der Waals surface area (Å²) in [5.41, 5.74) is 0. The Morgan fingerprint density at radius 2 is 2.35 bits per heavy atom. The van der Waals surface area contributed by atoms with Crippen LogP contribution in [0.1, 0.15) is 19.2 Å². The molecule has 0 aliphatic rings. The lowest BCUT2D eigenvalue weighted by molar-refractivity contribution is 0.960. The number of thioether (sulfide) groups is 1. The molecular weight excluding hydrogens is 290 g/mol. The number of nitrogens with one attached hydrogen (secondary N) is 2. The number of nitrogens with zero attached hydrogens (tertiary/aromatic N) is 3. The zero-order valence-corrected chi connectivity index (χ0v) is 12.7. The maximum atomic E-state index is 4.63. The molecule has 0 aliphatic heterocycles. The molecule has 0 aromatic carbocycles. The molecule has 3 heterocycles. The molecule has 5 nitrogen and oxygen atoms in total. The van der Waals surface area contributed by atoms with Gasteiger partial charge in [-0.3, -0.25) is 0 Å². The smallest absolute Gasteiger partial charge is 0.165 e. The molecule has 0 saturated heterocycles. The van der Waals surface area contributed by atoms with Gasteiger partial charge < -0.3 is 10.3 Å². The molecule has 0 spiro atoms. The van der Waals surface area contributed by atoms with E-state index in [0.29, 0.717) is 5.75 Å². The summed E-state index contributed by atoms with van der Waals surface area (Å²) >= 11 is 3.26. The molecule has 0 fully saturated rings. The van der Waals surface area contributed by atoms with Crippen molar-refractivity contribution in [1.82, 2.24) is 19.9 Å². The van der Waals surface area contributed by atoms with Gasteiger partial charge in [0.05, 0.1) is 11.1 Å². The van der Waals surface area contributed by atoms with Gasteiger partial charge in [0, 0.05) is 18.9 Å². The van der Waals surface area contributed by atoms with Gasteiger partial charge in [-0.05, 0) is 17.9 Å². The standard InChI is InChI=1S/C13H15N5S2/c1-2-4-14-11-9-3-7-19-12(9)18-10(17-11)8-20-13-15-5-6-16-13/h3,5-7H,2,4,8H2,1H3,(H,15,16)(H,14,17,18). The number of rotatable bonds is 6. The monoisotopic (exact) mass is 305 g/mol. The number of fused-ring (bicyclic) bond motifs is 1. The average Bonchev–Trinajstić information content (AvgIpc) is 3.13. The van der Waals surface area contributed by atoms with E-state index in [-0.39, 0.29) is 0 Å². The highest BCUT2D eigenvalue weighted by Gasteiger charge is 2.09. The molecule has 0 unspecified atom stereocenters. The van der Waals surface area contributed by atoms with Crippen LogP contribution in [0.3, 0.4) is 0 Å². The van der Waals surface area contributed by atoms with Crippen LogP contribution in [0.2, 0.25) is 0 Å². The van der Waals surface area contributed by atoms with Crippen LogP contribution >= 0.6 is 23.1 Å². The van der Waals surface area contributed by atoms with E-state index >= 15 is 0 Å². The van der Waals surface area contributed by atoms with E-state index in [1.54, 1.807) is 29.3 Å². The number of imidazole rings is 1. The first-order valence-electron chi connectivity index (χ1n) is 6.47. The van der Waals surface area contributed by atoms with Crippen LogP contribution in [-0.2, 0) is 5.75 Å². The third kappa shape index (κ3) is 2.94. The van der Waals surface area contributed by atoms with Gasteiger partial charge in [0.15, 0.2) is 5.16 Å². The normalized spacial score (nSPS) is 11.1. The quantitative estimate of drug-likeness (QED) is 0.682. The zero-order chi connectivity index (χ0) is 13.8. The maximum absolute atomic E-state index is 4.63. The highest BCUT2D eigenvalue weighted by atomic mass is 32.2. The molecular formula is C13H15N5S2. The van der Waals surface area contributed by atoms with E-state index < -0.39 is 0 Å². The highest BCUT2D eigenvalue weighted by molar-refractivity contribution is 7.98. The Labute approximate surface area is 125 Å². The molecule has 0 radical (unpaired) electrons. The van der Waals surface area contributed by atoms with E-state index in [2.05, 4.69) is 43.6 Å².